The van der Waals surface area contributed by atoms with Gasteiger partial charge in [0.25, 0.3) is 0 Å². The van der Waals surface area contributed by atoms with Crippen molar-refractivity contribution < 1.29 is 18.0 Å². The Labute approximate surface area is 127 Å². The summed E-state index contributed by atoms with van der Waals surface area (Å²) in [6.45, 7) is 0. The van der Waals surface area contributed by atoms with Crippen LogP contribution in [0.5, 0.6) is 0 Å². The van der Waals surface area contributed by atoms with E-state index in [0.717, 1.165) is 12.1 Å². The Bertz CT molecular complexity index is 647. The van der Waals surface area contributed by atoms with Gasteiger partial charge in [-0.25, -0.2) is 0 Å². The Morgan fingerprint density at radius 1 is 1.38 bits per heavy atom. The number of nitrogens with zero attached hydrogens (tertiary/aromatic N) is 2. The number of rotatable bonds is 3. The zero-order chi connectivity index (χ0) is 15.6. The van der Waals surface area contributed by atoms with Crippen LogP contribution in [-0.2, 0) is 24.4 Å². The summed E-state index contributed by atoms with van der Waals surface area (Å²) >= 11 is 3.23. The highest BCUT2D eigenvalue weighted by molar-refractivity contribution is 9.10. The average Bonchev–Trinajstić information content (AvgIpc) is 2.67. The zero-order valence-corrected chi connectivity index (χ0v) is 12.5. The molecule has 0 fully saturated rings. The van der Waals surface area contributed by atoms with Crippen molar-refractivity contribution in [3.05, 3.63) is 46.1 Å². The number of hydrogen-bond acceptors (Lipinski definition) is 2. The van der Waals surface area contributed by atoms with Crippen molar-refractivity contribution in [3.63, 3.8) is 0 Å². The highest BCUT2D eigenvalue weighted by Crippen LogP contribution is 2.29. The zero-order valence-electron chi connectivity index (χ0n) is 10.9. The van der Waals surface area contributed by atoms with Gasteiger partial charge in [-0.05, 0) is 27.6 Å². The van der Waals surface area contributed by atoms with Crippen LogP contribution in [0.3, 0.4) is 0 Å². The van der Waals surface area contributed by atoms with Crippen molar-refractivity contribution in [2.75, 3.05) is 5.32 Å². The molecule has 2 aromatic rings. The third kappa shape index (κ3) is 4.07. The summed E-state index contributed by atoms with van der Waals surface area (Å²) in [5.41, 5.74) is -0.481. The van der Waals surface area contributed by atoms with Crippen LogP contribution in [0.4, 0.5) is 19.0 Å². The molecule has 0 radical (unpaired) electrons. The molecular formula is C13H11BrF3N3O. The minimum Gasteiger partial charge on any atom is -0.309 e. The van der Waals surface area contributed by atoms with Crippen LogP contribution in [0.15, 0.2) is 34.9 Å². The van der Waals surface area contributed by atoms with Crippen LogP contribution in [0.25, 0.3) is 0 Å². The summed E-state index contributed by atoms with van der Waals surface area (Å²) in [6.07, 6.45) is -4.57. The topological polar surface area (TPSA) is 46.9 Å². The molecular weight excluding hydrogens is 351 g/mol. The van der Waals surface area contributed by atoms with E-state index in [1.54, 1.807) is 13.1 Å². The van der Waals surface area contributed by atoms with Crippen molar-refractivity contribution in [1.29, 1.82) is 0 Å². The van der Waals surface area contributed by atoms with Gasteiger partial charge >= 0.3 is 6.18 Å². The van der Waals surface area contributed by atoms with Crippen LogP contribution in [0, 0.1) is 0 Å². The second-order valence-corrected chi connectivity index (χ2v) is 5.21. The van der Waals surface area contributed by atoms with Crippen molar-refractivity contribution in [2.24, 2.45) is 7.05 Å². The first-order valence-electron chi connectivity index (χ1n) is 5.91. The predicted octanol–water partition coefficient (Wildman–Crippen LogP) is 3.38. The fourth-order valence-corrected chi connectivity index (χ4v) is 2.03. The fraction of sp³-hybridized carbons (Fsp3) is 0.231. The lowest BCUT2D eigenvalue weighted by molar-refractivity contribution is -0.137. The van der Waals surface area contributed by atoms with Crippen LogP contribution < -0.4 is 5.32 Å². The number of nitrogens with one attached hydrogen (secondary N) is 1. The molecule has 8 heteroatoms. The molecule has 0 unspecified atom stereocenters. The molecule has 1 heterocycles. The summed E-state index contributed by atoms with van der Waals surface area (Å²) in [4.78, 5) is 11.8. The molecule has 0 spiro atoms. The standard InChI is InChI=1S/C13H11BrF3N3O/c1-20-10(14)7-11(19-20)18-12(21)6-8-3-2-4-9(5-8)13(15,16)17/h2-5,7H,6H2,1H3,(H,18,19,21). The van der Waals surface area contributed by atoms with E-state index in [-0.39, 0.29) is 12.0 Å². The summed E-state index contributed by atoms with van der Waals surface area (Å²) in [5.74, 6) is -0.0960. The number of benzene rings is 1. The molecule has 1 aromatic carbocycles. The van der Waals surface area contributed by atoms with Gasteiger partial charge in [-0.1, -0.05) is 18.2 Å². The lowest BCUT2D eigenvalue weighted by Crippen LogP contribution is -2.15. The molecule has 21 heavy (non-hydrogen) atoms. The molecule has 0 aliphatic rings. The van der Waals surface area contributed by atoms with Crippen LogP contribution in [0.1, 0.15) is 11.1 Å². The molecule has 1 aromatic heterocycles. The van der Waals surface area contributed by atoms with Gasteiger partial charge in [0.2, 0.25) is 5.91 Å². The van der Waals surface area contributed by atoms with Crippen molar-refractivity contribution >= 4 is 27.7 Å². The van der Waals surface area contributed by atoms with Crippen LogP contribution in [-0.4, -0.2) is 15.7 Å². The Morgan fingerprint density at radius 2 is 2.10 bits per heavy atom. The van der Waals surface area contributed by atoms with E-state index >= 15 is 0 Å². The van der Waals surface area contributed by atoms with Crippen LogP contribution in [0.2, 0.25) is 0 Å². The quantitative estimate of drug-likeness (QED) is 0.910. The molecule has 112 valence electrons. The van der Waals surface area contributed by atoms with Crippen molar-refractivity contribution in [1.82, 2.24) is 9.78 Å². The Kier molecular flexibility index (Phi) is 4.36. The van der Waals surface area contributed by atoms with Gasteiger partial charge in [0.15, 0.2) is 5.82 Å². The molecule has 2 rings (SSSR count). The number of anilines is 1. The number of hydrogen-bond donors (Lipinski definition) is 1. The third-order valence-corrected chi connectivity index (χ3v) is 3.45. The van der Waals surface area contributed by atoms with E-state index in [1.165, 1.54) is 16.8 Å². The first kappa shape index (κ1) is 15.6. The van der Waals surface area contributed by atoms with E-state index in [2.05, 4.69) is 26.3 Å². The first-order valence-corrected chi connectivity index (χ1v) is 6.70. The summed E-state index contributed by atoms with van der Waals surface area (Å²) in [5, 5.41) is 6.53. The van der Waals surface area contributed by atoms with Gasteiger partial charge in [-0.15, -0.1) is 0 Å². The van der Waals surface area contributed by atoms with Gasteiger partial charge < -0.3 is 5.32 Å². The highest BCUT2D eigenvalue weighted by atomic mass is 79.9. The predicted molar refractivity (Wildman–Crippen MR) is 74.7 cm³/mol. The Hall–Kier alpha value is -1.83. The van der Waals surface area contributed by atoms with E-state index in [0.29, 0.717) is 10.4 Å². The van der Waals surface area contributed by atoms with Gasteiger partial charge in [0.1, 0.15) is 4.60 Å². The number of carbonyl (C=O) groups is 1. The average molecular weight is 362 g/mol. The van der Waals surface area contributed by atoms with Crippen molar-refractivity contribution in [2.45, 2.75) is 12.6 Å². The summed E-state index contributed by atoms with van der Waals surface area (Å²) < 4.78 is 39.9. The minimum absolute atomic E-state index is 0.155. The maximum absolute atomic E-state index is 12.6. The maximum atomic E-state index is 12.6. The number of halogens is 4. The molecule has 0 saturated heterocycles. The summed E-state index contributed by atoms with van der Waals surface area (Å²) in [7, 11) is 1.69. The number of carbonyl (C=O) groups excluding carboxylic acids is 1. The normalized spacial score (nSPS) is 11.5. The van der Waals surface area contributed by atoms with E-state index in [4.69, 9.17) is 0 Å². The summed E-state index contributed by atoms with van der Waals surface area (Å²) in [6, 6.07) is 6.29. The molecule has 0 atom stereocenters. The fourth-order valence-electron chi connectivity index (χ4n) is 1.74. The van der Waals surface area contributed by atoms with Gasteiger partial charge in [0.05, 0.1) is 12.0 Å². The van der Waals surface area contributed by atoms with Gasteiger partial charge in [-0.3, -0.25) is 9.48 Å². The number of amides is 1. The number of alkyl halides is 3. The first-order chi connectivity index (χ1) is 9.75. The van der Waals surface area contributed by atoms with Gasteiger partial charge in [-0.2, -0.15) is 18.3 Å². The Balaban J connectivity index is 2.06. The molecule has 1 N–H and O–H groups in total. The number of aryl methyl sites for hydroxylation is 1. The smallest absolute Gasteiger partial charge is 0.309 e. The number of aromatic nitrogens is 2. The molecule has 1 amide bonds. The molecule has 0 saturated carbocycles. The second kappa shape index (κ2) is 5.88. The lowest BCUT2D eigenvalue weighted by Gasteiger charge is -2.08. The van der Waals surface area contributed by atoms with Crippen LogP contribution >= 0.6 is 15.9 Å². The van der Waals surface area contributed by atoms with E-state index in [1.807, 2.05) is 0 Å². The lowest BCUT2D eigenvalue weighted by atomic mass is 10.1. The second-order valence-electron chi connectivity index (χ2n) is 4.40. The minimum atomic E-state index is -4.42. The Morgan fingerprint density at radius 3 is 2.67 bits per heavy atom. The molecule has 0 aliphatic carbocycles. The SMILES string of the molecule is Cn1nc(NC(=O)Cc2cccc(C(F)(F)F)c2)cc1Br. The third-order valence-electron chi connectivity index (χ3n) is 2.71. The van der Waals surface area contributed by atoms with Crippen molar-refractivity contribution in [3.8, 4) is 0 Å². The molecule has 0 bridgehead atoms. The van der Waals surface area contributed by atoms with E-state index in [9.17, 15) is 18.0 Å². The maximum Gasteiger partial charge on any atom is 0.416 e. The highest BCUT2D eigenvalue weighted by Gasteiger charge is 2.30. The molecule has 0 aliphatic heterocycles. The molecule has 4 nitrogen and oxygen atoms in total. The monoisotopic (exact) mass is 361 g/mol. The largest absolute Gasteiger partial charge is 0.416 e. The van der Waals surface area contributed by atoms with Gasteiger partial charge in [0, 0.05) is 13.1 Å². The van der Waals surface area contributed by atoms with E-state index < -0.39 is 17.6 Å².